The van der Waals surface area contributed by atoms with Crippen LogP contribution < -0.4 is 5.32 Å². The smallest absolute Gasteiger partial charge is 0.153 e. The maximum atomic E-state index is 5.61. The van der Waals surface area contributed by atoms with E-state index in [1.54, 1.807) is 11.3 Å². The normalized spacial score (nSPS) is 13.2. The molecule has 2 heterocycles. The number of hydrogen-bond donors (Lipinski definition) is 1. The molecule has 0 radical (unpaired) electrons. The number of rotatable bonds is 5. The van der Waals surface area contributed by atoms with Gasteiger partial charge in [-0.15, -0.1) is 11.3 Å². The Labute approximate surface area is 112 Å². The minimum Gasteiger partial charge on any atom is -0.460 e. The first-order valence-corrected chi connectivity index (χ1v) is 7.16. The Kier molecular flexibility index (Phi) is 4.19. The first-order chi connectivity index (χ1) is 8.61. The molecule has 0 aliphatic carbocycles. The number of hydrogen-bond acceptors (Lipinski definition) is 4. The van der Waals surface area contributed by atoms with Gasteiger partial charge in [-0.1, -0.05) is 13.8 Å². The molecule has 0 aliphatic heterocycles. The number of nitrogens with zero attached hydrogens (tertiary/aromatic N) is 1. The zero-order chi connectivity index (χ0) is 13.1. The molecule has 18 heavy (non-hydrogen) atoms. The average Bonchev–Trinajstić information content (AvgIpc) is 2.93. The quantitative estimate of drug-likeness (QED) is 0.895. The largest absolute Gasteiger partial charge is 0.460 e. The van der Waals surface area contributed by atoms with Gasteiger partial charge in [-0.25, -0.2) is 4.98 Å². The van der Waals surface area contributed by atoms with Crippen molar-refractivity contribution in [2.45, 2.75) is 26.7 Å². The summed E-state index contributed by atoms with van der Waals surface area (Å²) in [4.78, 5) is 4.72. The summed E-state index contributed by atoms with van der Waals surface area (Å²) in [6, 6.07) is 3.96. The molecule has 2 aromatic rings. The fourth-order valence-electron chi connectivity index (χ4n) is 1.97. The lowest BCUT2D eigenvalue weighted by Crippen LogP contribution is -2.21. The van der Waals surface area contributed by atoms with E-state index in [0.717, 1.165) is 23.8 Å². The lowest BCUT2D eigenvalue weighted by atomic mass is 9.96. The number of nitrogens with one attached hydrogen (secondary N) is 1. The van der Waals surface area contributed by atoms with Gasteiger partial charge >= 0.3 is 0 Å². The highest BCUT2D eigenvalue weighted by molar-refractivity contribution is 7.10. The minimum atomic E-state index is 0.463. The molecule has 1 atom stereocenters. The van der Waals surface area contributed by atoms with E-state index in [1.807, 2.05) is 26.1 Å². The van der Waals surface area contributed by atoms with Crippen LogP contribution in [0.4, 0.5) is 0 Å². The SMILES string of the molecule is CNCC(c1nc(-c2ccc(C)o2)cs1)C(C)C. The van der Waals surface area contributed by atoms with Crippen molar-refractivity contribution < 1.29 is 4.42 Å². The van der Waals surface area contributed by atoms with E-state index in [2.05, 4.69) is 24.5 Å². The van der Waals surface area contributed by atoms with Crippen molar-refractivity contribution in [3.63, 3.8) is 0 Å². The Hall–Kier alpha value is -1.13. The first kappa shape index (κ1) is 13.3. The topological polar surface area (TPSA) is 38.1 Å². The van der Waals surface area contributed by atoms with Gasteiger partial charge in [0.05, 0.1) is 5.01 Å². The van der Waals surface area contributed by atoms with Crippen LogP contribution in [0.25, 0.3) is 11.5 Å². The van der Waals surface area contributed by atoms with Crippen molar-refractivity contribution in [2.24, 2.45) is 5.92 Å². The number of furan rings is 1. The van der Waals surface area contributed by atoms with Crippen molar-refractivity contribution in [1.29, 1.82) is 0 Å². The van der Waals surface area contributed by atoms with Gasteiger partial charge in [0.2, 0.25) is 0 Å². The van der Waals surface area contributed by atoms with Crippen molar-refractivity contribution >= 4 is 11.3 Å². The zero-order valence-corrected chi connectivity index (χ0v) is 12.2. The zero-order valence-electron chi connectivity index (χ0n) is 11.4. The molecule has 0 saturated heterocycles. The second kappa shape index (κ2) is 5.67. The summed E-state index contributed by atoms with van der Waals surface area (Å²) >= 11 is 1.72. The number of likely N-dealkylation sites (N-methyl/N-ethyl adjacent to an activating group) is 1. The molecule has 4 heteroatoms. The molecule has 2 aromatic heterocycles. The molecule has 3 nitrogen and oxygen atoms in total. The summed E-state index contributed by atoms with van der Waals surface area (Å²) in [6.45, 7) is 7.39. The van der Waals surface area contributed by atoms with E-state index in [0.29, 0.717) is 11.8 Å². The third kappa shape index (κ3) is 2.82. The van der Waals surface area contributed by atoms with E-state index in [4.69, 9.17) is 9.40 Å². The van der Waals surface area contributed by atoms with Crippen molar-refractivity contribution in [2.75, 3.05) is 13.6 Å². The molecule has 0 aromatic carbocycles. The predicted molar refractivity (Wildman–Crippen MR) is 76.1 cm³/mol. The Morgan fingerprint density at radius 2 is 2.17 bits per heavy atom. The summed E-state index contributed by atoms with van der Waals surface area (Å²) in [7, 11) is 1.99. The van der Waals surface area contributed by atoms with Gasteiger partial charge in [-0.3, -0.25) is 0 Å². The fraction of sp³-hybridized carbons (Fsp3) is 0.500. The Balaban J connectivity index is 2.23. The lowest BCUT2D eigenvalue weighted by Gasteiger charge is -2.17. The highest BCUT2D eigenvalue weighted by Gasteiger charge is 2.19. The van der Waals surface area contributed by atoms with Gasteiger partial charge in [-0.2, -0.15) is 0 Å². The molecule has 0 fully saturated rings. The van der Waals surface area contributed by atoms with Gasteiger partial charge in [0, 0.05) is 17.8 Å². The Morgan fingerprint density at radius 1 is 1.39 bits per heavy atom. The number of aryl methyl sites for hydroxylation is 1. The molecule has 0 spiro atoms. The number of thiazole rings is 1. The molecular weight excluding hydrogens is 244 g/mol. The van der Waals surface area contributed by atoms with Gasteiger partial charge in [-0.05, 0) is 32.0 Å². The molecular formula is C14H20N2OS. The van der Waals surface area contributed by atoms with Crippen LogP contribution in [-0.4, -0.2) is 18.6 Å². The summed E-state index contributed by atoms with van der Waals surface area (Å²) < 4.78 is 5.61. The average molecular weight is 264 g/mol. The van der Waals surface area contributed by atoms with Crippen LogP contribution in [0.1, 0.15) is 30.5 Å². The van der Waals surface area contributed by atoms with Crippen molar-refractivity contribution in [3.8, 4) is 11.5 Å². The molecule has 0 saturated carbocycles. The van der Waals surface area contributed by atoms with Crippen LogP contribution in [0.2, 0.25) is 0 Å². The van der Waals surface area contributed by atoms with E-state index in [-0.39, 0.29) is 0 Å². The molecule has 1 unspecified atom stereocenters. The molecule has 0 aliphatic rings. The van der Waals surface area contributed by atoms with Gasteiger partial charge in [0.25, 0.3) is 0 Å². The van der Waals surface area contributed by atoms with Crippen LogP contribution in [0, 0.1) is 12.8 Å². The molecule has 0 amide bonds. The molecule has 2 rings (SSSR count). The maximum Gasteiger partial charge on any atom is 0.153 e. The second-order valence-electron chi connectivity index (χ2n) is 4.89. The maximum absolute atomic E-state index is 5.61. The summed E-state index contributed by atoms with van der Waals surface area (Å²) in [5, 5.41) is 6.51. The Bertz CT molecular complexity index is 501. The Morgan fingerprint density at radius 3 is 2.72 bits per heavy atom. The van der Waals surface area contributed by atoms with Gasteiger partial charge in [0.1, 0.15) is 11.5 Å². The lowest BCUT2D eigenvalue weighted by molar-refractivity contribution is 0.476. The number of aromatic nitrogens is 1. The summed E-state index contributed by atoms with van der Waals surface area (Å²) in [6.07, 6.45) is 0. The second-order valence-corrected chi connectivity index (χ2v) is 5.78. The van der Waals surface area contributed by atoms with Crippen LogP contribution in [0.3, 0.4) is 0 Å². The van der Waals surface area contributed by atoms with Crippen LogP contribution in [0.15, 0.2) is 21.9 Å². The third-order valence-corrected chi connectivity index (χ3v) is 4.04. The third-order valence-electron chi connectivity index (χ3n) is 3.06. The summed E-state index contributed by atoms with van der Waals surface area (Å²) in [5.74, 6) is 2.83. The van der Waals surface area contributed by atoms with Crippen molar-refractivity contribution in [1.82, 2.24) is 10.3 Å². The standard InChI is InChI=1S/C14H20N2OS/c1-9(2)11(7-15-4)14-16-12(8-18-14)13-6-5-10(3)17-13/h5-6,8-9,11,15H,7H2,1-4H3. The fourth-order valence-corrected chi connectivity index (χ4v) is 3.05. The van der Waals surface area contributed by atoms with Crippen molar-refractivity contribution in [3.05, 3.63) is 28.3 Å². The van der Waals surface area contributed by atoms with Gasteiger partial charge in [0.15, 0.2) is 5.76 Å². The minimum absolute atomic E-state index is 0.463. The summed E-state index contributed by atoms with van der Waals surface area (Å²) in [5.41, 5.74) is 0.949. The molecule has 0 bridgehead atoms. The highest BCUT2D eigenvalue weighted by Crippen LogP contribution is 2.30. The molecule has 1 N–H and O–H groups in total. The highest BCUT2D eigenvalue weighted by atomic mass is 32.1. The monoisotopic (exact) mass is 264 g/mol. The van der Waals surface area contributed by atoms with Crippen LogP contribution in [0.5, 0.6) is 0 Å². The van der Waals surface area contributed by atoms with Crippen LogP contribution in [-0.2, 0) is 0 Å². The van der Waals surface area contributed by atoms with Gasteiger partial charge < -0.3 is 9.73 Å². The van der Waals surface area contributed by atoms with Crippen LogP contribution >= 0.6 is 11.3 Å². The van der Waals surface area contributed by atoms with E-state index < -0.39 is 0 Å². The first-order valence-electron chi connectivity index (χ1n) is 6.28. The molecule has 98 valence electrons. The predicted octanol–water partition coefficient (Wildman–Crippen LogP) is 3.67. The van der Waals surface area contributed by atoms with E-state index >= 15 is 0 Å². The van der Waals surface area contributed by atoms with E-state index in [9.17, 15) is 0 Å². The van der Waals surface area contributed by atoms with E-state index in [1.165, 1.54) is 5.01 Å².